The van der Waals surface area contributed by atoms with Crippen LogP contribution in [0.15, 0.2) is 41.3 Å². The van der Waals surface area contributed by atoms with Crippen LogP contribution in [0, 0.1) is 6.92 Å². The molecule has 0 aliphatic heterocycles. The summed E-state index contributed by atoms with van der Waals surface area (Å²) in [6, 6.07) is 5.16. The van der Waals surface area contributed by atoms with Crippen LogP contribution in [0.1, 0.15) is 35.8 Å². The Bertz CT molecular complexity index is 932. The molecule has 5 nitrogen and oxygen atoms in total. The molecular weight excluding hydrogens is 419 g/mol. The molecule has 1 N–H and O–H groups in total. The Hall–Kier alpha value is -2.69. The molecule has 0 aliphatic rings. The lowest BCUT2D eigenvalue weighted by Gasteiger charge is -2.40. The summed E-state index contributed by atoms with van der Waals surface area (Å²) in [6.07, 6.45) is 0.325. The van der Waals surface area contributed by atoms with Crippen molar-refractivity contribution in [1.29, 1.82) is 0 Å². The van der Waals surface area contributed by atoms with E-state index in [4.69, 9.17) is 4.74 Å². The van der Waals surface area contributed by atoms with E-state index in [1.807, 2.05) is 0 Å². The van der Waals surface area contributed by atoms with Crippen LogP contribution in [0.5, 0.6) is 5.75 Å². The van der Waals surface area contributed by atoms with Gasteiger partial charge in [-0.2, -0.15) is 0 Å². The van der Waals surface area contributed by atoms with Crippen molar-refractivity contribution in [3.8, 4) is 5.75 Å². The van der Waals surface area contributed by atoms with Crippen LogP contribution in [0.2, 0.25) is 0 Å². The highest BCUT2D eigenvalue weighted by Crippen LogP contribution is 3.02. The van der Waals surface area contributed by atoms with Crippen LogP contribution < -0.4 is 10.1 Å². The lowest BCUT2D eigenvalue weighted by molar-refractivity contribution is -0.114. The van der Waals surface area contributed by atoms with Crippen LogP contribution in [0.25, 0.3) is 0 Å². The molecule has 160 valence electrons. The molecule has 2 rings (SSSR count). The molecule has 29 heavy (non-hydrogen) atoms. The Morgan fingerprint density at radius 1 is 1.07 bits per heavy atom. The number of nitrogens with zero attached hydrogens (tertiary/aromatic N) is 1. The van der Waals surface area contributed by atoms with E-state index < -0.39 is 15.1 Å². The number of amides is 1. The van der Waals surface area contributed by atoms with E-state index in [1.54, 1.807) is 13.0 Å². The van der Waals surface area contributed by atoms with Gasteiger partial charge in [0.1, 0.15) is 16.5 Å². The molecule has 0 atom stereocenters. The molecule has 0 spiro atoms. The number of hydrogen-bond donors (Lipinski definition) is 1. The SMILES string of the molecule is CC(=O)Nc1cc(C(=O)CCCOc2ccc(S(F)(F)(F)(F)F)cc2)cc(C)n1. The van der Waals surface area contributed by atoms with Crippen molar-refractivity contribution in [2.24, 2.45) is 0 Å². The zero-order valence-electron chi connectivity index (χ0n) is 15.6. The maximum absolute atomic E-state index is 12.7. The number of pyridine rings is 1. The molecule has 1 heterocycles. The summed E-state index contributed by atoms with van der Waals surface area (Å²) in [4.78, 5) is 25.5. The summed E-state index contributed by atoms with van der Waals surface area (Å²) in [5.41, 5.74) is 0.890. The Kier molecular flexibility index (Phi) is 5.68. The monoisotopic (exact) mass is 438 g/mol. The van der Waals surface area contributed by atoms with Crippen molar-refractivity contribution in [3.05, 3.63) is 47.7 Å². The standard InChI is InChI=1S/C18H19F5N2O3S/c1-12-10-14(11-18(24-12)25-13(2)26)17(27)4-3-9-28-15-5-7-16(8-6-15)29(19,20,21,22)23/h5-8,10-11H,3-4,9H2,1-2H3,(H,24,25,26). The maximum atomic E-state index is 12.7. The first-order valence-electron chi connectivity index (χ1n) is 8.40. The molecule has 0 bridgehead atoms. The van der Waals surface area contributed by atoms with Crippen LogP contribution in [0.4, 0.5) is 25.2 Å². The highest BCUT2D eigenvalue weighted by molar-refractivity contribution is 8.45. The number of nitrogens with one attached hydrogen (secondary N) is 1. The summed E-state index contributed by atoms with van der Waals surface area (Å²) >= 11 is 0. The number of benzene rings is 1. The van der Waals surface area contributed by atoms with E-state index >= 15 is 0 Å². The maximum Gasteiger partial charge on any atom is 0.310 e. The molecule has 0 aliphatic carbocycles. The van der Waals surface area contributed by atoms with Crippen LogP contribution in [-0.4, -0.2) is 23.3 Å². The van der Waals surface area contributed by atoms with Crippen LogP contribution in [-0.2, 0) is 4.79 Å². The first kappa shape index (κ1) is 22.6. The molecule has 0 saturated carbocycles. The fraction of sp³-hybridized carbons (Fsp3) is 0.278. The summed E-state index contributed by atoms with van der Waals surface area (Å²) in [5, 5.41) is 2.49. The summed E-state index contributed by atoms with van der Waals surface area (Å²) in [5.74, 6) is -0.329. The molecule has 0 fully saturated rings. The second-order valence-electron chi connectivity index (χ2n) is 6.38. The molecule has 1 aromatic carbocycles. The summed E-state index contributed by atoms with van der Waals surface area (Å²) in [6.45, 7) is 2.98. The van der Waals surface area contributed by atoms with Gasteiger partial charge in [-0.05, 0) is 49.7 Å². The predicted octanol–water partition coefficient (Wildman–Crippen LogP) is 6.05. The number of ether oxygens (including phenoxy) is 1. The quantitative estimate of drug-likeness (QED) is 0.310. The fourth-order valence-corrected chi connectivity index (χ4v) is 3.08. The van der Waals surface area contributed by atoms with Crippen molar-refractivity contribution in [3.63, 3.8) is 0 Å². The molecule has 2 aromatic rings. The Labute approximate surface area is 164 Å². The molecule has 1 amide bonds. The van der Waals surface area contributed by atoms with Gasteiger partial charge >= 0.3 is 10.2 Å². The van der Waals surface area contributed by atoms with Gasteiger partial charge in [0.25, 0.3) is 0 Å². The molecule has 0 radical (unpaired) electrons. The number of rotatable bonds is 8. The zero-order valence-corrected chi connectivity index (χ0v) is 16.4. The number of carbonyl (C=O) groups is 2. The van der Waals surface area contributed by atoms with Crippen molar-refractivity contribution >= 4 is 27.7 Å². The summed E-state index contributed by atoms with van der Waals surface area (Å²) < 4.78 is 68.5. The topological polar surface area (TPSA) is 68.3 Å². The largest absolute Gasteiger partial charge is 0.494 e. The minimum atomic E-state index is -9.70. The number of halogens is 5. The zero-order chi connectivity index (χ0) is 21.9. The third-order valence-electron chi connectivity index (χ3n) is 3.67. The predicted molar refractivity (Wildman–Crippen MR) is 100 cm³/mol. The molecular formula is C18H19F5N2O3S. The van der Waals surface area contributed by atoms with Crippen molar-refractivity contribution in [1.82, 2.24) is 4.98 Å². The molecule has 11 heteroatoms. The number of carbonyl (C=O) groups excluding carboxylic acids is 2. The molecule has 0 saturated heterocycles. The van der Waals surface area contributed by atoms with Gasteiger partial charge in [0, 0.05) is 24.6 Å². The second-order valence-corrected chi connectivity index (χ2v) is 8.79. The highest BCUT2D eigenvalue weighted by atomic mass is 32.5. The number of aromatic nitrogens is 1. The molecule has 1 aromatic heterocycles. The Morgan fingerprint density at radius 3 is 2.24 bits per heavy atom. The first-order valence-corrected chi connectivity index (χ1v) is 10.4. The number of anilines is 1. The van der Waals surface area contributed by atoms with Gasteiger partial charge in [0.15, 0.2) is 5.78 Å². The van der Waals surface area contributed by atoms with E-state index in [0.717, 1.165) is 12.1 Å². The molecule has 0 unspecified atom stereocenters. The lowest BCUT2D eigenvalue weighted by atomic mass is 10.1. The minimum absolute atomic E-state index is 0.00408. The van der Waals surface area contributed by atoms with Crippen LogP contribution >= 0.6 is 10.2 Å². The van der Waals surface area contributed by atoms with Gasteiger partial charge in [0.2, 0.25) is 5.91 Å². The third kappa shape index (κ3) is 7.00. The van der Waals surface area contributed by atoms with Crippen LogP contribution in [0.3, 0.4) is 0 Å². The lowest BCUT2D eigenvalue weighted by Crippen LogP contribution is -2.10. The fourth-order valence-electron chi connectivity index (χ4n) is 2.43. The number of ketones is 1. The van der Waals surface area contributed by atoms with Gasteiger partial charge in [-0.1, -0.05) is 19.4 Å². The second kappa shape index (κ2) is 7.29. The van der Waals surface area contributed by atoms with Crippen molar-refractivity contribution in [2.75, 3.05) is 11.9 Å². The van der Waals surface area contributed by atoms with E-state index in [-0.39, 0.29) is 54.8 Å². The number of aryl methyl sites for hydroxylation is 1. The highest BCUT2D eigenvalue weighted by Gasteiger charge is 2.65. The average Bonchev–Trinajstić information content (AvgIpc) is 2.55. The smallest absolute Gasteiger partial charge is 0.310 e. The van der Waals surface area contributed by atoms with Gasteiger partial charge in [0.05, 0.1) is 6.61 Å². The first-order chi connectivity index (χ1) is 13.1. The van der Waals surface area contributed by atoms with E-state index in [1.165, 1.54) is 13.0 Å². The number of hydrogen-bond acceptors (Lipinski definition) is 4. The van der Waals surface area contributed by atoms with Gasteiger partial charge in [-0.15, -0.1) is 0 Å². The van der Waals surface area contributed by atoms with Crippen molar-refractivity contribution < 1.29 is 33.8 Å². The van der Waals surface area contributed by atoms with Gasteiger partial charge in [-0.25, -0.2) is 4.98 Å². The average molecular weight is 438 g/mol. The summed E-state index contributed by atoms with van der Waals surface area (Å²) in [7, 11) is -9.70. The Balaban J connectivity index is 1.90. The van der Waals surface area contributed by atoms with E-state index in [0.29, 0.717) is 11.3 Å². The van der Waals surface area contributed by atoms with E-state index in [9.17, 15) is 29.0 Å². The van der Waals surface area contributed by atoms with Crippen molar-refractivity contribution in [2.45, 2.75) is 31.6 Å². The normalized spacial score (nSPS) is 13.9. The third-order valence-corrected chi connectivity index (χ3v) is 4.83. The van der Waals surface area contributed by atoms with Gasteiger partial charge < -0.3 is 10.1 Å². The minimum Gasteiger partial charge on any atom is -0.494 e. The Morgan fingerprint density at radius 2 is 1.69 bits per heavy atom. The van der Waals surface area contributed by atoms with E-state index in [2.05, 4.69) is 10.3 Å². The van der Waals surface area contributed by atoms with Gasteiger partial charge in [-0.3, -0.25) is 9.59 Å². The number of Topliss-reactive ketones (excluding diaryl/α,β-unsaturated/α-hetero) is 1.